The molecule has 0 aliphatic rings. The van der Waals surface area contributed by atoms with Crippen LogP contribution < -0.4 is 5.32 Å². The third-order valence-corrected chi connectivity index (χ3v) is 3.96. The monoisotopic (exact) mass is 365 g/mol. The predicted molar refractivity (Wildman–Crippen MR) is 98.9 cm³/mol. The number of carbonyl (C=O) groups excluding carboxylic acids is 2. The van der Waals surface area contributed by atoms with Gasteiger partial charge in [-0.3, -0.25) is 9.59 Å². The molecular formula is C20H19N3O4. The van der Waals surface area contributed by atoms with Crippen LogP contribution in [-0.4, -0.2) is 35.7 Å². The number of ether oxygens (including phenoxy) is 1. The molecule has 1 aromatic heterocycles. The summed E-state index contributed by atoms with van der Waals surface area (Å²) in [4.78, 5) is 23.1. The molecule has 0 unspecified atom stereocenters. The van der Waals surface area contributed by atoms with Crippen LogP contribution in [0.5, 0.6) is 0 Å². The minimum absolute atomic E-state index is 0.129. The number of methoxy groups -OCH3 is 1. The highest BCUT2D eigenvalue weighted by Gasteiger charge is 2.12. The van der Waals surface area contributed by atoms with E-state index in [1.54, 1.807) is 24.3 Å². The van der Waals surface area contributed by atoms with Gasteiger partial charge in [0.1, 0.15) is 0 Å². The number of aromatic nitrogens is 2. The van der Waals surface area contributed by atoms with E-state index in [-0.39, 0.29) is 24.8 Å². The van der Waals surface area contributed by atoms with E-state index in [1.807, 2.05) is 31.2 Å². The average Bonchev–Trinajstić information content (AvgIpc) is 3.18. The summed E-state index contributed by atoms with van der Waals surface area (Å²) in [6.07, 6.45) is 0.129. The Morgan fingerprint density at radius 2 is 1.52 bits per heavy atom. The van der Waals surface area contributed by atoms with E-state index in [0.29, 0.717) is 22.9 Å². The quantitative estimate of drug-likeness (QED) is 0.675. The molecule has 1 amide bonds. The van der Waals surface area contributed by atoms with Gasteiger partial charge in [-0.05, 0) is 43.3 Å². The molecule has 0 spiro atoms. The van der Waals surface area contributed by atoms with E-state index in [1.165, 1.54) is 7.11 Å². The van der Waals surface area contributed by atoms with Crippen LogP contribution in [0.3, 0.4) is 0 Å². The largest absolute Gasteiger partial charge is 0.469 e. The highest BCUT2D eigenvalue weighted by Crippen LogP contribution is 2.24. The summed E-state index contributed by atoms with van der Waals surface area (Å²) >= 11 is 0. The molecule has 0 fully saturated rings. The number of amides is 1. The van der Waals surface area contributed by atoms with Crippen molar-refractivity contribution in [2.75, 3.05) is 13.7 Å². The number of hydrogen-bond donors (Lipinski definition) is 1. The molecule has 0 aliphatic heterocycles. The molecule has 3 rings (SSSR count). The lowest BCUT2D eigenvalue weighted by molar-refractivity contribution is -0.140. The SMILES string of the molecule is COC(=O)CCNC(=O)c1ccc(-c2nnc(-c3ccc(C)cc3)o2)cc1. The van der Waals surface area contributed by atoms with Crippen LogP contribution in [0, 0.1) is 6.92 Å². The fourth-order valence-electron chi connectivity index (χ4n) is 2.40. The van der Waals surface area contributed by atoms with Crippen molar-refractivity contribution >= 4 is 11.9 Å². The van der Waals surface area contributed by atoms with Gasteiger partial charge in [0, 0.05) is 23.2 Å². The van der Waals surface area contributed by atoms with Crippen molar-refractivity contribution < 1.29 is 18.7 Å². The van der Waals surface area contributed by atoms with E-state index in [9.17, 15) is 9.59 Å². The van der Waals surface area contributed by atoms with Crippen molar-refractivity contribution in [3.8, 4) is 22.9 Å². The lowest BCUT2D eigenvalue weighted by atomic mass is 10.1. The van der Waals surface area contributed by atoms with E-state index in [0.717, 1.165) is 11.1 Å². The van der Waals surface area contributed by atoms with Crippen LogP contribution >= 0.6 is 0 Å². The molecule has 2 aromatic carbocycles. The molecule has 0 saturated heterocycles. The summed E-state index contributed by atoms with van der Waals surface area (Å²) in [5.41, 5.74) is 3.19. The Morgan fingerprint density at radius 1 is 0.963 bits per heavy atom. The molecule has 7 heteroatoms. The van der Waals surface area contributed by atoms with Gasteiger partial charge in [0.2, 0.25) is 11.8 Å². The van der Waals surface area contributed by atoms with Gasteiger partial charge in [0.15, 0.2) is 0 Å². The van der Waals surface area contributed by atoms with Crippen LogP contribution in [0.1, 0.15) is 22.3 Å². The highest BCUT2D eigenvalue weighted by molar-refractivity contribution is 5.94. The van der Waals surface area contributed by atoms with Crippen molar-refractivity contribution in [2.45, 2.75) is 13.3 Å². The first-order valence-corrected chi connectivity index (χ1v) is 8.43. The zero-order valence-corrected chi connectivity index (χ0v) is 15.1. The van der Waals surface area contributed by atoms with E-state index in [2.05, 4.69) is 20.3 Å². The third kappa shape index (κ3) is 4.58. The summed E-state index contributed by atoms with van der Waals surface area (Å²) in [6, 6.07) is 14.6. The maximum Gasteiger partial charge on any atom is 0.307 e. The molecule has 0 radical (unpaired) electrons. The molecule has 3 aromatic rings. The number of benzene rings is 2. The van der Waals surface area contributed by atoms with Crippen molar-refractivity contribution in [3.63, 3.8) is 0 Å². The Balaban J connectivity index is 1.66. The van der Waals surface area contributed by atoms with Crippen molar-refractivity contribution in [2.24, 2.45) is 0 Å². The molecule has 7 nitrogen and oxygen atoms in total. The second-order valence-electron chi connectivity index (χ2n) is 5.94. The second kappa shape index (κ2) is 8.27. The van der Waals surface area contributed by atoms with E-state index in [4.69, 9.17) is 4.42 Å². The molecule has 0 aliphatic carbocycles. The zero-order valence-electron chi connectivity index (χ0n) is 15.1. The lowest BCUT2D eigenvalue weighted by Gasteiger charge is -2.04. The summed E-state index contributed by atoms with van der Waals surface area (Å²) in [6.45, 7) is 2.23. The molecular weight excluding hydrogens is 346 g/mol. The van der Waals surface area contributed by atoms with Crippen LogP contribution in [0.15, 0.2) is 52.9 Å². The number of aryl methyl sites for hydroxylation is 1. The first-order valence-electron chi connectivity index (χ1n) is 8.43. The molecule has 27 heavy (non-hydrogen) atoms. The standard InChI is InChI=1S/C20H19N3O4/c1-13-3-5-15(6-4-13)19-22-23-20(27-19)16-9-7-14(8-10-16)18(25)21-12-11-17(24)26-2/h3-10H,11-12H2,1-2H3,(H,21,25). The Bertz CT molecular complexity index is 931. The minimum Gasteiger partial charge on any atom is -0.469 e. The lowest BCUT2D eigenvalue weighted by Crippen LogP contribution is -2.26. The van der Waals surface area contributed by atoms with Crippen LogP contribution in [0.2, 0.25) is 0 Å². The first-order chi connectivity index (χ1) is 13.1. The van der Waals surface area contributed by atoms with Gasteiger partial charge >= 0.3 is 5.97 Å². The summed E-state index contributed by atoms with van der Waals surface area (Å²) in [5.74, 6) is 0.181. The van der Waals surface area contributed by atoms with Crippen LogP contribution in [0.25, 0.3) is 22.9 Å². The molecule has 1 heterocycles. The zero-order chi connectivity index (χ0) is 19.2. The summed E-state index contributed by atoms with van der Waals surface area (Å²) in [7, 11) is 1.31. The van der Waals surface area contributed by atoms with Gasteiger partial charge in [-0.15, -0.1) is 10.2 Å². The van der Waals surface area contributed by atoms with Crippen molar-refractivity contribution in [3.05, 3.63) is 59.7 Å². The van der Waals surface area contributed by atoms with Crippen LogP contribution in [0.4, 0.5) is 0 Å². The topological polar surface area (TPSA) is 94.3 Å². The van der Waals surface area contributed by atoms with Gasteiger partial charge in [0.05, 0.1) is 13.5 Å². The van der Waals surface area contributed by atoms with Gasteiger partial charge in [-0.25, -0.2) is 0 Å². The van der Waals surface area contributed by atoms with Crippen molar-refractivity contribution in [1.82, 2.24) is 15.5 Å². The number of rotatable bonds is 6. The number of esters is 1. The van der Waals surface area contributed by atoms with Gasteiger partial charge < -0.3 is 14.5 Å². The Hall–Kier alpha value is -3.48. The number of nitrogens with zero attached hydrogens (tertiary/aromatic N) is 2. The molecule has 1 N–H and O–H groups in total. The average molecular weight is 365 g/mol. The number of nitrogens with one attached hydrogen (secondary N) is 1. The maximum absolute atomic E-state index is 12.1. The van der Waals surface area contributed by atoms with Crippen molar-refractivity contribution in [1.29, 1.82) is 0 Å². The van der Waals surface area contributed by atoms with Gasteiger partial charge in [-0.2, -0.15) is 0 Å². The van der Waals surface area contributed by atoms with Crippen LogP contribution in [-0.2, 0) is 9.53 Å². The normalized spacial score (nSPS) is 10.4. The Morgan fingerprint density at radius 3 is 2.07 bits per heavy atom. The third-order valence-electron chi connectivity index (χ3n) is 3.96. The molecule has 138 valence electrons. The molecule has 0 atom stereocenters. The fourth-order valence-corrected chi connectivity index (χ4v) is 2.40. The first kappa shape index (κ1) is 18.3. The highest BCUT2D eigenvalue weighted by atomic mass is 16.5. The molecule has 0 bridgehead atoms. The fraction of sp³-hybridized carbons (Fsp3) is 0.200. The van der Waals surface area contributed by atoms with Gasteiger partial charge in [-0.1, -0.05) is 17.7 Å². The second-order valence-corrected chi connectivity index (χ2v) is 5.94. The summed E-state index contributed by atoms with van der Waals surface area (Å²) in [5, 5.41) is 10.8. The minimum atomic E-state index is -0.369. The van der Waals surface area contributed by atoms with E-state index >= 15 is 0 Å². The number of hydrogen-bond acceptors (Lipinski definition) is 6. The smallest absolute Gasteiger partial charge is 0.307 e. The predicted octanol–water partition coefficient (Wildman–Crippen LogP) is 3.00. The number of carbonyl (C=O) groups is 2. The Labute approximate surface area is 156 Å². The maximum atomic E-state index is 12.1. The van der Waals surface area contributed by atoms with E-state index < -0.39 is 0 Å². The molecule has 0 saturated carbocycles. The Kier molecular flexibility index (Phi) is 5.61. The van der Waals surface area contributed by atoms with Gasteiger partial charge in [0.25, 0.3) is 5.91 Å². The summed E-state index contributed by atoms with van der Waals surface area (Å²) < 4.78 is 10.3.